The van der Waals surface area contributed by atoms with E-state index in [9.17, 15) is 13.2 Å². The first kappa shape index (κ1) is 11.7. The molecular formula is C10H10N2O4S. The zero-order valence-corrected chi connectivity index (χ0v) is 9.81. The number of rotatable bonds is 2. The van der Waals surface area contributed by atoms with Crippen molar-refractivity contribution in [3.63, 3.8) is 0 Å². The molecule has 0 saturated carbocycles. The Morgan fingerprint density at radius 1 is 1.41 bits per heavy atom. The van der Waals surface area contributed by atoms with Gasteiger partial charge in [-0.3, -0.25) is 9.35 Å². The molecule has 17 heavy (non-hydrogen) atoms. The summed E-state index contributed by atoms with van der Waals surface area (Å²) in [6, 6.07) is 3.98. The number of benzene rings is 1. The number of hydrogen-bond acceptors (Lipinski definition) is 4. The van der Waals surface area contributed by atoms with Crippen molar-refractivity contribution in [1.29, 1.82) is 0 Å². The Kier molecular flexibility index (Phi) is 2.72. The number of anilines is 1. The molecule has 0 unspecified atom stereocenters. The highest BCUT2D eigenvalue weighted by atomic mass is 32.2. The van der Waals surface area contributed by atoms with Crippen LogP contribution in [0.2, 0.25) is 0 Å². The van der Waals surface area contributed by atoms with E-state index in [4.69, 9.17) is 4.55 Å². The molecule has 0 atom stereocenters. The monoisotopic (exact) mass is 254 g/mol. The lowest BCUT2D eigenvalue weighted by Gasteiger charge is -2.14. The van der Waals surface area contributed by atoms with Crippen LogP contribution in [0.1, 0.15) is 12.0 Å². The lowest BCUT2D eigenvalue weighted by atomic mass is 10.2. The standard InChI is InChI=1S/C10H10N2O4S/c1-7-6-8(17(14,15)16)2-3-9(7)12-10(13)4-5-11-12/h2-3,5-6H,4H2,1H3,(H,14,15,16). The van der Waals surface area contributed by atoms with Crippen LogP contribution in [0.5, 0.6) is 0 Å². The molecular weight excluding hydrogens is 244 g/mol. The molecule has 1 aliphatic heterocycles. The van der Waals surface area contributed by atoms with Crippen molar-refractivity contribution in [2.45, 2.75) is 18.2 Å². The summed E-state index contributed by atoms with van der Waals surface area (Å²) in [6.45, 7) is 1.64. The van der Waals surface area contributed by atoms with E-state index in [0.717, 1.165) is 0 Å². The van der Waals surface area contributed by atoms with Crippen molar-refractivity contribution in [1.82, 2.24) is 0 Å². The first-order valence-corrected chi connectivity index (χ1v) is 6.27. The van der Waals surface area contributed by atoms with Gasteiger partial charge in [0.1, 0.15) is 0 Å². The first-order chi connectivity index (χ1) is 7.89. The normalized spacial score (nSPS) is 15.6. The summed E-state index contributed by atoms with van der Waals surface area (Å²) in [5.74, 6) is -0.173. The number of carbonyl (C=O) groups is 1. The molecule has 1 N–H and O–H groups in total. The van der Waals surface area contributed by atoms with Gasteiger partial charge in [0.25, 0.3) is 16.0 Å². The Labute approximate surface area is 98.3 Å². The molecule has 1 aromatic rings. The van der Waals surface area contributed by atoms with Gasteiger partial charge in [0, 0.05) is 6.21 Å². The lowest BCUT2D eigenvalue weighted by Crippen LogP contribution is -2.20. The van der Waals surface area contributed by atoms with Gasteiger partial charge in [-0.1, -0.05) is 0 Å². The van der Waals surface area contributed by atoms with Gasteiger partial charge in [0.15, 0.2) is 0 Å². The summed E-state index contributed by atoms with van der Waals surface area (Å²) in [5, 5.41) is 5.10. The number of hydrogen-bond donors (Lipinski definition) is 1. The topological polar surface area (TPSA) is 87.0 Å². The minimum absolute atomic E-state index is 0.173. The summed E-state index contributed by atoms with van der Waals surface area (Å²) >= 11 is 0. The molecule has 0 saturated heterocycles. The third kappa shape index (κ3) is 2.20. The van der Waals surface area contributed by atoms with Crippen molar-refractivity contribution in [3.05, 3.63) is 23.8 Å². The van der Waals surface area contributed by atoms with Crippen LogP contribution in [0.15, 0.2) is 28.2 Å². The Morgan fingerprint density at radius 2 is 2.12 bits per heavy atom. The molecule has 90 valence electrons. The fourth-order valence-corrected chi connectivity index (χ4v) is 2.14. The molecule has 0 spiro atoms. The SMILES string of the molecule is Cc1cc(S(=O)(=O)O)ccc1N1N=CCC1=O. The number of aryl methyl sites for hydroxylation is 1. The van der Waals surface area contributed by atoms with Crippen LogP contribution in [-0.2, 0) is 14.9 Å². The molecule has 7 heteroatoms. The fourth-order valence-electron chi connectivity index (χ4n) is 1.57. The molecule has 0 aromatic heterocycles. The molecule has 6 nitrogen and oxygen atoms in total. The minimum atomic E-state index is -4.22. The van der Waals surface area contributed by atoms with Crippen LogP contribution >= 0.6 is 0 Å². The van der Waals surface area contributed by atoms with E-state index in [1.807, 2.05) is 0 Å². The van der Waals surface area contributed by atoms with Crippen molar-refractivity contribution < 1.29 is 17.8 Å². The minimum Gasteiger partial charge on any atom is -0.282 e. The number of amides is 1. The first-order valence-electron chi connectivity index (χ1n) is 4.83. The Bertz CT molecular complexity index is 607. The third-order valence-corrected chi connectivity index (χ3v) is 3.24. The zero-order valence-electron chi connectivity index (χ0n) is 8.99. The maximum Gasteiger partial charge on any atom is 0.294 e. The van der Waals surface area contributed by atoms with E-state index in [1.165, 1.54) is 29.4 Å². The van der Waals surface area contributed by atoms with Crippen LogP contribution in [-0.4, -0.2) is 25.1 Å². The number of hydrazone groups is 1. The zero-order chi connectivity index (χ0) is 12.6. The van der Waals surface area contributed by atoms with Gasteiger partial charge in [-0.05, 0) is 30.7 Å². The van der Waals surface area contributed by atoms with E-state index in [0.29, 0.717) is 11.3 Å². The van der Waals surface area contributed by atoms with Gasteiger partial charge in [-0.25, -0.2) is 5.01 Å². The van der Waals surface area contributed by atoms with Crippen LogP contribution < -0.4 is 5.01 Å². The van der Waals surface area contributed by atoms with Crippen LogP contribution in [0.3, 0.4) is 0 Å². The van der Waals surface area contributed by atoms with Crippen molar-refractivity contribution in [3.8, 4) is 0 Å². The molecule has 0 radical (unpaired) electrons. The summed E-state index contributed by atoms with van der Waals surface area (Å²) in [7, 11) is -4.22. The molecule has 2 rings (SSSR count). The van der Waals surface area contributed by atoms with Gasteiger partial charge in [-0.15, -0.1) is 0 Å². The molecule has 1 heterocycles. The van der Waals surface area contributed by atoms with Gasteiger partial charge < -0.3 is 0 Å². The quantitative estimate of drug-likeness (QED) is 0.796. The van der Waals surface area contributed by atoms with E-state index >= 15 is 0 Å². The maximum atomic E-state index is 11.4. The summed E-state index contributed by atoms with van der Waals surface area (Å²) in [5.41, 5.74) is 1.06. The van der Waals surface area contributed by atoms with Crippen molar-refractivity contribution >= 4 is 27.9 Å². The average Bonchev–Trinajstić information content (AvgIpc) is 2.63. The Balaban J connectivity index is 2.46. The second-order valence-corrected chi connectivity index (χ2v) is 5.05. The van der Waals surface area contributed by atoms with Crippen molar-refractivity contribution in [2.75, 3.05) is 5.01 Å². The second kappa shape index (κ2) is 3.94. The van der Waals surface area contributed by atoms with Gasteiger partial charge in [0.05, 0.1) is 17.0 Å². The number of carbonyl (C=O) groups excluding carboxylic acids is 1. The van der Waals surface area contributed by atoms with Crippen LogP contribution in [0.4, 0.5) is 5.69 Å². The largest absolute Gasteiger partial charge is 0.294 e. The van der Waals surface area contributed by atoms with Crippen molar-refractivity contribution in [2.24, 2.45) is 5.10 Å². The number of nitrogens with zero attached hydrogens (tertiary/aromatic N) is 2. The summed E-state index contributed by atoms with van der Waals surface area (Å²) in [6.07, 6.45) is 1.72. The molecule has 1 amide bonds. The van der Waals surface area contributed by atoms with Gasteiger partial charge in [-0.2, -0.15) is 13.5 Å². The van der Waals surface area contributed by atoms with E-state index < -0.39 is 10.1 Å². The highest BCUT2D eigenvalue weighted by Crippen LogP contribution is 2.25. The molecule has 0 aliphatic carbocycles. The third-order valence-electron chi connectivity index (χ3n) is 2.39. The smallest absolute Gasteiger partial charge is 0.282 e. The molecule has 0 fully saturated rings. The predicted molar refractivity (Wildman–Crippen MR) is 61.6 cm³/mol. The maximum absolute atomic E-state index is 11.4. The van der Waals surface area contributed by atoms with Crippen LogP contribution in [0.25, 0.3) is 0 Å². The molecule has 0 bridgehead atoms. The average molecular weight is 254 g/mol. The van der Waals surface area contributed by atoms with E-state index in [1.54, 1.807) is 6.92 Å². The Morgan fingerprint density at radius 3 is 2.59 bits per heavy atom. The summed E-state index contributed by atoms with van der Waals surface area (Å²) in [4.78, 5) is 11.2. The predicted octanol–water partition coefficient (Wildman–Crippen LogP) is 0.964. The van der Waals surface area contributed by atoms with Crippen LogP contribution in [0, 0.1) is 6.92 Å². The fraction of sp³-hybridized carbons (Fsp3) is 0.200. The highest BCUT2D eigenvalue weighted by Gasteiger charge is 2.21. The second-order valence-electron chi connectivity index (χ2n) is 3.63. The molecule has 1 aromatic carbocycles. The summed E-state index contributed by atoms with van der Waals surface area (Å²) < 4.78 is 30.7. The lowest BCUT2D eigenvalue weighted by molar-refractivity contribution is -0.116. The Hall–Kier alpha value is -1.73. The molecule has 1 aliphatic rings. The van der Waals surface area contributed by atoms with E-state index in [-0.39, 0.29) is 17.2 Å². The van der Waals surface area contributed by atoms with Gasteiger partial charge >= 0.3 is 0 Å². The highest BCUT2D eigenvalue weighted by molar-refractivity contribution is 7.85. The van der Waals surface area contributed by atoms with Gasteiger partial charge in [0.2, 0.25) is 0 Å². The van der Waals surface area contributed by atoms with E-state index in [2.05, 4.69) is 5.10 Å².